The second-order valence-electron chi connectivity index (χ2n) is 8.22. The zero-order chi connectivity index (χ0) is 22.2. The molecule has 31 heavy (non-hydrogen) atoms. The summed E-state index contributed by atoms with van der Waals surface area (Å²) in [5.41, 5.74) is 2.09. The van der Waals surface area contributed by atoms with E-state index in [4.69, 9.17) is 4.74 Å². The van der Waals surface area contributed by atoms with Crippen molar-refractivity contribution >= 4 is 5.91 Å². The van der Waals surface area contributed by atoms with Gasteiger partial charge in [0.2, 0.25) is 5.91 Å². The van der Waals surface area contributed by atoms with Crippen LogP contribution < -0.4 is 10.1 Å². The fraction of sp³-hybridized carbons (Fsp3) is 0.480. The molecule has 0 aromatic heterocycles. The molecule has 0 bridgehead atoms. The Morgan fingerprint density at radius 3 is 2.45 bits per heavy atom. The summed E-state index contributed by atoms with van der Waals surface area (Å²) >= 11 is 0. The molecule has 1 amide bonds. The van der Waals surface area contributed by atoms with Crippen LogP contribution >= 0.6 is 0 Å². The van der Waals surface area contributed by atoms with Gasteiger partial charge in [-0.3, -0.25) is 14.6 Å². The molecule has 1 aliphatic rings. The number of piperazine rings is 1. The van der Waals surface area contributed by atoms with Crippen LogP contribution in [0.1, 0.15) is 43.9 Å². The number of carbonyl (C=O) groups is 1. The molecule has 0 spiro atoms. The van der Waals surface area contributed by atoms with Crippen molar-refractivity contribution in [3.8, 4) is 5.75 Å². The Bertz CT molecular complexity index is 838. The molecule has 3 rings (SSSR count). The first-order valence-corrected chi connectivity index (χ1v) is 11.2. The molecular weight excluding hydrogens is 393 g/mol. The molecule has 1 heterocycles. The monoisotopic (exact) mass is 427 g/mol. The highest BCUT2D eigenvalue weighted by Gasteiger charge is 2.27. The largest absolute Gasteiger partial charge is 0.494 e. The van der Waals surface area contributed by atoms with Crippen molar-refractivity contribution in [2.45, 2.75) is 45.3 Å². The van der Waals surface area contributed by atoms with Crippen molar-refractivity contribution in [2.24, 2.45) is 0 Å². The van der Waals surface area contributed by atoms with Gasteiger partial charge in [-0.2, -0.15) is 0 Å². The summed E-state index contributed by atoms with van der Waals surface area (Å²) in [5.74, 6) is 0.0160. The molecule has 1 N–H and O–H groups in total. The summed E-state index contributed by atoms with van der Waals surface area (Å²) in [7, 11) is 1.47. The van der Waals surface area contributed by atoms with Crippen LogP contribution in [0.15, 0.2) is 48.5 Å². The lowest BCUT2D eigenvalue weighted by atomic mass is 10.0. The Morgan fingerprint density at radius 1 is 1.13 bits per heavy atom. The Kier molecular flexibility index (Phi) is 8.43. The first kappa shape index (κ1) is 23.2. The summed E-state index contributed by atoms with van der Waals surface area (Å²) in [6.45, 7) is 8.15. The van der Waals surface area contributed by atoms with Gasteiger partial charge in [-0.05, 0) is 36.6 Å². The van der Waals surface area contributed by atoms with E-state index in [1.165, 1.54) is 7.11 Å². The standard InChI is InChI=1S/C25H34FN3O2/c1-4-8-23(21-9-6-5-7-10-21)27-25(30)19(2)29-15-13-28(14-16-29)18-20-11-12-24(31-3)22(26)17-20/h5-7,9-12,17,19,23H,4,8,13-16,18H2,1-3H3,(H,27,30)/t19-,23-/m0/s1. The Morgan fingerprint density at radius 2 is 1.84 bits per heavy atom. The Labute approximate surface area is 185 Å². The smallest absolute Gasteiger partial charge is 0.237 e. The summed E-state index contributed by atoms with van der Waals surface area (Å²) in [6, 6.07) is 15.2. The number of benzene rings is 2. The van der Waals surface area contributed by atoms with E-state index in [-0.39, 0.29) is 29.6 Å². The van der Waals surface area contributed by atoms with Crippen LogP contribution in [0.4, 0.5) is 4.39 Å². The van der Waals surface area contributed by atoms with Gasteiger partial charge in [-0.1, -0.05) is 49.7 Å². The fourth-order valence-electron chi connectivity index (χ4n) is 4.13. The van der Waals surface area contributed by atoms with Gasteiger partial charge in [0.1, 0.15) is 0 Å². The number of hydrogen-bond acceptors (Lipinski definition) is 4. The van der Waals surface area contributed by atoms with Gasteiger partial charge in [0.05, 0.1) is 19.2 Å². The van der Waals surface area contributed by atoms with E-state index >= 15 is 0 Å². The summed E-state index contributed by atoms with van der Waals surface area (Å²) in [4.78, 5) is 17.5. The Balaban J connectivity index is 1.51. The number of nitrogens with zero attached hydrogens (tertiary/aromatic N) is 2. The van der Waals surface area contributed by atoms with Crippen molar-refractivity contribution in [1.82, 2.24) is 15.1 Å². The predicted octanol–water partition coefficient (Wildman–Crippen LogP) is 4.00. The lowest BCUT2D eigenvalue weighted by molar-refractivity contribution is -0.127. The molecule has 2 aromatic rings. The fourth-order valence-corrected chi connectivity index (χ4v) is 4.13. The van der Waals surface area contributed by atoms with Crippen molar-refractivity contribution < 1.29 is 13.9 Å². The zero-order valence-electron chi connectivity index (χ0n) is 18.8. The normalized spacial score (nSPS) is 17.2. The summed E-state index contributed by atoms with van der Waals surface area (Å²) < 4.78 is 18.9. The van der Waals surface area contributed by atoms with Crippen LogP contribution in [0.5, 0.6) is 5.75 Å². The van der Waals surface area contributed by atoms with E-state index in [9.17, 15) is 9.18 Å². The second-order valence-corrected chi connectivity index (χ2v) is 8.22. The van der Waals surface area contributed by atoms with E-state index in [1.54, 1.807) is 12.1 Å². The molecule has 2 aromatic carbocycles. The van der Waals surface area contributed by atoms with Crippen molar-refractivity contribution in [1.29, 1.82) is 0 Å². The number of carbonyl (C=O) groups excluding carboxylic acids is 1. The Hall–Kier alpha value is -2.44. The maximum absolute atomic E-state index is 13.9. The number of methoxy groups -OCH3 is 1. The zero-order valence-corrected chi connectivity index (χ0v) is 18.8. The molecule has 5 nitrogen and oxygen atoms in total. The third-order valence-corrected chi connectivity index (χ3v) is 6.05. The third kappa shape index (κ3) is 6.28. The first-order chi connectivity index (χ1) is 15.0. The predicted molar refractivity (Wildman–Crippen MR) is 121 cm³/mol. The van der Waals surface area contributed by atoms with E-state index < -0.39 is 0 Å². The average molecular weight is 428 g/mol. The minimum absolute atomic E-state index is 0.0485. The maximum atomic E-state index is 13.9. The molecule has 2 atom stereocenters. The second kappa shape index (κ2) is 11.3. The van der Waals surface area contributed by atoms with Gasteiger partial charge in [0.25, 0.3) is 0 Å². The first-order valence-electron chi connectivity index (χ1n) is 11.2. The van der Waals surface area contributed by atoms with Gasteiger partial charge in [0.15, 0.2) is 11.6 Å². The number of nitrogens with one attached hydrogen (secondary N) is 1. The molecule has 1 saturated heterocycles. The SMILES string of the molecule is CCC[C@H](NC(=O)[C@H](C)N1CCN(Cc2ccc(OC)c(F)c2)CC1)c1ccccc1. The van der Waals surface area contributed by atoms with E-state index in [2.05, 4.69) is 34.2 Å². The molecule has 1 aliphatic heterocycles. The van der Waals surface area contributed by atoms with Crippen molar-refractivity contribution in [3.63, 3.8) is 0 Å². The number of amides is 1. The lowest BCUT2D eigenvalue weighted by Gasteiger charge is -2.38. The number of halogens is 1. The van der Waals surface area contributed by atoms with E-state index in [1.807, 2.05) is 31.2 Å². The van der Waals surface area contributed by atoms with Gasteiger partial charge >= 0.3 is 0 Å². The molecule has 168 valence electrons. The van der Waals surface area contributed by atoms with E-state index in [0.717, 1.165) is 50.1 Å². The molecule has 0 unspecified atom stereocenters. The minimum atomic E-state index is -0.330. The number of ether oxygens (including phenoxy) is 1. The van der Waals surface area contributed by atoms with Crippen molar-refractivity contribution in [2.75, 3.05) is 33.3 Å². The molecule has 1 fully saturated rings. The molecule has 0 aliphatic carbocycles. The van der Waals surface area contributed by atoms with Crippen LogP contribution in [0.25, 0.3) is 0 Å². The molecule has 6 heteroatoms. The number of hydrogen-bond donors (Lipinski definition) is 1. The number of rotatable bonds is 9. The van der Waals surface area contributed by atoms with E-state index in [0.29, 0.717) is 6.54 Å². The molecular formula is C25H34FN3O2. The van der Waals surface area contributed by atoms with Crippen LogP contribution in [0.3, 0.4) is 0 Å². The third-order valence-electron chi connectivity index (χ3n) is 6.05. The van der Waals surface area contributed by atoms with Crippen LogP contribution in [0, 0.1) is 5.82 Å². The van der Waals surface area contributed by atoms with Gasteiger partial charge in [-0.15, -0.1) is 0 Å². The van der Waals surface area contributed by atoms with Crippen LogP contribution in [-0.4, -0.2) is 55.0 Å². The summed E-state index contributed by atoms with van der Waals surface area (Å²) in [5, 5.41) is 3.25. The molecule has 0 radical (unpaired) electrons. The quantitative estimate of drug-likeness (QED) is 0.657. The van der Waals surface area contributed by atoms with Crippen LogP contribution in [-0.2, 0) is 11.3 Å². The summed E-state index contributed by atoms with van der Waals surface area (Å²) in [6.07, 6.45) is 1.94. The highest BCUT2D eigenvalue weighted by molar-refractivity contribution is 5.81. The van der Waals surface area contributed by atoms with Crippen LogP contribution in [0.2, 0.25) is 0 Å². The van der Waals surface area contributed by atoms with Gasteiger partial charge < -0.3 is 10.1 Å². The maximum Gasteiger partial charge on any atom is 0.237 e. The highest BCUT2D eigenvalue weighted by atomic mass is 19.1. The topological polar surface area (TPSA) is 44.8 Å². The van der Waals surface area contributed by atoms with Gasteiger partial charge in [-0.25, -0.2) is 4.39 Å². The highest BCUT2D eigenvalue weighted by Crippen LogP contribution is 2.21. The lowest BCUT2D eigenvalue weighted by Crippen LogP contribution is -2.53. The van der Waals surface area contributed by atoms with Crippen molar-refractivity contribution in [3.05, 3.63) is 65.5 Å². The van der Waals surface area contributed by atoms with Gasteiger partial charge in [0, 0.05) is 32.7 Å². The average Bonchev–Trinajstić information content (AvgIpc) is 2.79. The minimum Gasteiger partial charge on any atom is -0.494 e. The molecule has 0 saturated carbocycles.